The van der Waals surface area contributed by atoms with Crippen LogP contribution in [0.25, 0.3) is 0 Å². The Morgan fingerprint density at radius 2 is 1.92 bits per heavy atom. The minimum Gasteiger partial charge on any atom is -0.379 e. The fourth-order valence-electron chi connectivity index (χ4n) is 2.93. The van der Waals surface area contributed by atoms with Gasteiger partial charge in [-0.25, -0.2) is 0 Å². The maximum absolute atomic E-state index is 12.2. The van der Waals surface area contributed by atoms with Gasteiger partial charge in [0.1, 0.15) is 0 Å². The zero-order chi connectivity index (χ0) is 16.9. The van der Waals surface area contributed by atoms with E-state index in [0.717, 1.165) is 38.4 Å². The number of hydrogen-bond donors (Lipinski definition) is 2. The fourth-order valence-corrected chi connectivity index (χ4v) is 2.93. The second-order valence-corrected chi connectivity index (χ2v) is 6.57. The molecule has 0 aliphatic carbocycles. The summed E-state index contributed by atoms with van der Waals surface area (Å²) in [5.41, 5.74) is 7.28. The number of hydrogen-bond acceptors (Lipinski definition) is 4. The summed E-state index contributed by atoms with van der Waals surface area (Å²) in [5.74, 6) is -0.131. The Morgan fingerprint density at radius 1 is 1.33 bits per heavy atom. The molecule has 1 saturated heterocycles. The van der Waals surface area contributed by atoms with Crippen molar-refractivity contribution in [2.24, 2.45) is 5.73 Å². The van der Waals surface area contributed by atoms with Crippen LogP contribution in [0.3, 0.4) is 0 Å². The molecule has 2 unspecified atom stereocenters. The number of carbonyl (C=O) groups excluding carboxylic acids is 1. The number of halogens is 1. The molecule has 3 N–H and O–H groups in total. The van der Waals surface area contributed by atoms with Crippen molar-refractivity contribution in [3.63, 3.8) is 0 Å². The highest BCUT2D eigenvalue weighted by molar-refractivity contribution is 5.97. The van der Waals surface area contributed by atoms with Crippen LogP contribution in [0.1, 0.15) is 45.2 Å². The molecule has 1 fully saturated rings. The number of amides is 1. The maximum Gasteiger partial charge on any atom is 0.244 e. The zero-order valence-electron chi connectivity index (χ0n) is 14.9. The van der Waals surface area contributed by atoms with Crippen molar-refractivity contribution in [3.8, 4) is 0 Å². The van der Waals surface area contributed by atoms with Gasteiger partial charge in [0.15, 0.2) is 0 Å². The molecule has 5 nitrogen and oxygen atoms in total. The van der Waals surface area contributed by atoms with Gasteiger partial charge in [0.05, 0.1) is 18.8 Å². The van der Waals surface area contributed by atoms with Crippen LogP contribution in [0.15, 0.2) is 24.3 Å². The second kappa shape index (κ2) is 9.37. The van der Waals surface area contributed by atoms with Crippen LogP contribution in [0.4, 0.5) is 5.69 Å². The van der Waals surface area contributed by atoms with Crippen molar-refractivity contribution >= 4 is 24.0 Å². The quantitative estimate of drug-likeness (QED) is 0.823. The molecule has 1 aromatic rings. The molecule has 136 valence electrons. The van der Waals surface area contributed by atoms with Gasteiger partial charge in [-0.15, -0.1) is 12.4 Å². The minimum absolute atomic E-state index is 0. The molecule has 0 aromatic heterocycles. The van der Waals surface area contributed by atoms with E-state index in [2.05, 4.69) is 29.3 Å². The minimum atomic E-state index is -0.825. The highest BCUT2D eigenvalue weighted by atomic mass is 35.5. The van der Waals surface area contributed by atoms with Gasteiger partial charge in [0, 0.05) is 24.8 Å². The monoisotopic (exact) mass is 355 g/mol. The molecule has 1 amide bonds. The number of carbonyl (C=O) groups is 1. The first-order valence-corrected chi connectivity index (χ1v) is 8.46. The number of morpholine rings is 1. The van der Waals surface area contributed by atoms with Crippen LogP contribution in [-0.2, 0) is 9.53 Å². The number of nitrogens with two attached hydrogens (primary N) is 1. The third-order valence-electron chi connectivity index (χ3n) is 4.53. The predicted octanol–water partition coefficient (Wildman–Crippen LogP) is 2.96. The third-order valence-corrected chi connectivity index (χ3v) is 4.53. The smallest absolute Gasteiger partial charge is 0.244 e. The van der Waals surface area contributed by atoms with E-state index in [1.54, 1.807) is 6.92 Å². The van der Waals surface area contributed by atoms with E-state index in [1.807, 2.05) is 19.1 Å². The standard InChI is InChI=1S/C18H29N3O2.ClH/c1-4-9-18(3,19)17(22)20-16-7-5-15(6-8-16)14(2)21-10-12-23-13-11-21;/h5-8,14H,4,9-13,19H2,1-3H3,(H,20,22);1H. The molecule has 1 aliphatic rings. The first-order valence-electron chi connectivity index (χ1n) is 8.46. The topological polar surface area (TPSA) is 67.6 Å². The summed E-state index contributed by atoms with van der Waals surface area (Å²) >= 11 is 0. The van der Waals surface area contributed by atoms with Gasteiger partial charge in [-0.3, -0.25) is 9.69 Å². The first kappa shape index (κ1) is 20.9. The van der Waals surface area contributed by atoms with Crippen molar-refractivity contribution < 1.29 is 9.53 Å². The molecule has 6 heteroatoms. The second-order valence-electron chi connectivity index (χ2n) is 6.57. The SMILES string of the molecule is CCCC(C)(N)C(=O)Nc1ccc(C(C)N2CCOCC2)cc1.Cl. The van der Waals surface area contributed by atoms with Gasteiger partial charge in [-0.2, -0.15) is 0 Å². The van der Waals surface area contributed by atoms with E-state index in [1.165, 1.54) is 5.56 Å². The first-order chi connectivity index (χ1) is 10.9. The fraction of sp³-hybridized carbons (Fsp3) is 0.611. The Hall–Kier alpha value is -1.14. The van der Waals surface area contributed by atoms with Crippen LogP contribution < -0.4 is 11.1 Å². The molecule has 2 rings (SSSR count). The third kappa shape index (κ3) is 5.45. The number of anilines is 1. The van der Waals surface area contributed by atoms with E-state index in [-0.39, 0.29) is 18.3 Å². The summed E-state index contributed by atoms with van der Waals surface area (Å²) in [5, 5.41) is 2.92. The van der Waals surface area contributed by atoms with E-state index >= 15 is 0 Å². The summed E-state index contributed by atoms with van der Waals surface area (Å²) in [4.78, 5) is 14.6. The summed E-state index contributed by atoms with van der Waals surface area (Å²) in [6, 6.07) is 8.40. The van der Waals surface area contributed by atoms with Crippen molar-refractivity contribution in [3.05, 3.63) is 29.8 Å². The average Bonchev–Trinajstić information content (AvgIpc) is 2.55. The highest BCUT2D eigenvalue weighted by Gasteiger charge is 2.27. The molecule has 0 radical (unpaired) electrons. The number of benzene rings is 1. The molecular weight excluding hydrogens is 326 g/mol. The van der Waals surface area contributed by atoms with E-state index < -0.39 is 5.54 Å². The van der Waals surface area contributed by atoms with Crippen LogP contribution in [0, 0.1) is 0 Å². The molecule has 0 bridgehead atoms. The normalized spacial score (nSPS) is 19.0. The molecule has 1 heterocycles. The molecular formula is C18H30ClN3O2. The number of nitrogens with zero attached hydrogens (tertiary/aromatic N) is 1. The Morgan fingerprint density at radius 3 is 2.46 bits per heavy atom. The van der Waals surface area contributed by atoms with Crippen molar-refractivity contribution in [1.82, 2.24) is 4.90 Å². The van der Waals surface area contributed by atoms with E-state index in [4.69, 9.17) is 10.5 Å². The average molecular weight is 356 g/mol. The number of nitrogens with one attached hydrogen (secondary N) is 1. The lowest BCUT2D eigenvalue weighted by Gasteiger charge is -2.32. The van der Waals surface area contributed by atoms with Crippen molar-refractivity contribution in [1.29, 1.82) is 0 Å². The Kier molecular flexibility index (Phi) is 8.16. The van der Waals surface area contributed by atoms with Crippen LogP contribution in [-0.4, -0.2) is 42.6 Å². The van der Waals surface area contributed by atoms with Gasteiger partial charge in [-0.05, 0) is 38.0 Å². The van der Waals surface area contributed by atoms with Crippen LogP contribution in [0.2, 0.25) is 0 Å². The Balaban J connectivity index is 0.00000288. The summed E-state index contributed by atoms with van der Waals surface area (Å²) in [6.45, 7) is 9.53. The maximum atomic E-state index is 12.2. The van der Waals surface area contributed by atoms with Crippen LogP contribution >= 0.6 is 12.4 Å². The van der Waals surface area contributed by atoms with E-state index in [9.17, 15) is 4.79 Å². The van der Waals surface area contributed by atoms with Crippen molar-refractivity contribution in [2.45, 2.75) is 45.2 Å². The molecule has 2 atom stereocenters. The summed E-state index contributed by atoms with van der Waals surface area (Å²) in [6.07, 6.45) is 1.56. The highest BCUT2D eigenvalue weighted by Crippen LogP contribution is 2.23. The Bertz CT molecular complexity index is 514. The molecule has 24 heavy (non-hydrogen) atoms. The van der Waals surface area contributed by atoms with Gasteiger partial charge >= 0.3 is 0 Å². The zero-order valence-corrected chi connectivity index (χ0v) is 15.7. The van der Waals surface area contributed by atoms with Gasteiger partial charge in [0.25, 0.3) is 0 Å². The van der Waals surface area contributed by atoms with Gasteiger partial charge in [0.2, 0.25) is 5.91 Å². The molecule has 1 aromatic carbocycles. The summed E-state index contributed by atoms with van der Waals surface area (Å²) in [7, 11) is 0. The Labute approximate surface area is 151 Å². The molecule has 0 saturated carbocycles. The lowest BCUT2D eigenvalue weighted by atomic mass is 9.96. The van der Waals surface area contributed by atoms with Gasteiger partial charge in [-0.1, -0.05) is 25.5 Å². The molecule has 0 spiro atoms. The van der Waals surface area contributed by atoms with E-state index in [0.29, 0.717) is 12.5 Å². The lowest BCUT2D eigenvalue weighted by molar-refractivity contribution is -0.120. The predicted molar refractivity (Wildman–Crippen MR) is 101 cm³/mol. The summed E-state index contributed by atoms with van der Waals surface area (Å²) < 4.78 is 5.40. The number of ether oxygens (including phenoxy) is 1. The largest absolute Gasteiger partial charge is 0.379 e. The van der Waals surface area contributed by atoms with Gasteiger partial charge < -0.3 is 15.8 Å². The lowest BCUT2D eigenvalue weighted by Crippen LogP contribution is -2.48. The van der Waals surface area contributed by atoms with Crippen LogP contribution in [0.5, 0.6) is 0 Å². The number of rotatable bonds is 6. The van der Waals surface area contributed by atoms with Crippen molar-refractivity contribution in [2.75, 3.05) is 31.6 Å². The molecule has 1 aliphatic heterocycles.